The number of rotatable bonds is 3. The molecule has 0 aliphatic carbocycles. The quantitative estimate of drug-likeness (QED) is 0.856. The summed E-state index contributed by atoms with van der Waals surface area (Å²) in [7, 11) is 0. The smallest absolute Gasteiger partial charge is 0.141 e. The van der Waals surface area contributed by atoms with Crippen LogP contribution in [-0.4, -0.2) is 22.5 Å². The van der Waals surface area contributed by atoms with Gasteiger partial charge in [0.25, 0.3) is 0 Å². The zero-order valence-corrected chi connectivity index (χ0v) is 9.56. The van der Waals surface area contributed by atoms with Gasteiger partial charge in [0.15, 0.2) is 0 Å². The highest BCUT2D eigenvalue weighted by atomic mass is 32.2. The van der Waals surface area contributed by atoms with Crippen molar-refractivity contribution in [2.45, 2.75) is 25.4 Å². The monoisotopic (exact) mass is 226 g/mol. The van der Waals surface area contributed by atoms with Gasteiger partial charge < -0.3 is 5.32 Å². The van der Waals surface area contributed by atoms with Crippen LogP contribution in [0.5, 0.6) is 0 Å². The fourth-order valence-electron chi connectivity index (χ4n) is 1.75. The molecule has 15 heavy (non-hydrogen) atoms. The average molecular weight is 226 g/mol. The van der Waals surface area contributed by atoms with E-state index in [1.807, 2.05) is 11.8 Å². The summed E-state index contributed by atoms with van der Waals surface area (Å²) in [5, 5.41) is 3.51. The van der Waals surface area contributed by atoms with Crippen LogP contribution in [0.1, 0.15) is 25.1 Å². The maximum absolute atomic E-state index is 12.7. The van der Waals surface area contributed by atoms with Crippen molar-refractivity contribution >= 4 is 11.8 Å². The van der Waals surface area contributed by atoms with Crippen LogP contribution in [0.2, 0.25) is 0 Å². The minimum absolute atomic E-state index is 0.203. The first-order valence-corrected chi connectivity index (χ1v) is 6.36. The van der Waals surface area contributed by atoms with Gasteiger partial charge in [-0.15, -0.1) is 0 Å². The van der Waals surface area contributed by atoms with E-state index in [-0.39, 0.29) is 11.9 Å². The summed E-state index contributed by atoms with van der Waals surface area (Å²) < 4.78 is 12.7. The van der Waals surface area contributed by atoms with Gasteiger partial charge in [0.2, 0.25) is 0 Å². The van der Waals surface area contributed by atoms with Crippen LogP contribution in [0, 0.1) is 5.82 Å². The number of hydrogen-bond acceptors (Lipinski definition) is 3. The second kappa shape index (κ2) is 4.94. The highest BCUT2D eigenvalue weighted by Gasteiger charge is 2.18. The molecule has 0 spiro atoms. The lowest BCUT2D eigenvalue weighted by Crippen LogP contribution is -2.31. The first-order valence-electron chi connectivity index (χ1n) is 5.21. The lowest BCUT2D eigenvalue weighted by molar-refractivity contribution is 0.477. The highest BCUT2D eigenvalue weighted by Crippen LogP contribution is 2.20. The van der Waals surface area contributed by atoms with Crippen molar-refractivity contribution in [3.05, 3.63) is 29.8 Å². The molecular weight excluding hydrogens is 211 g/mol. The van der Waals surface area contributed by atoms with Crippen LogP contribution < -0.4 is 5.32 Å². The second-order valence-electron chi connectivity index (χ2n) is 3.85. The summed E-state index contributed by atoms with van der Waals surface area (Å²) in [6.07, 6.45) is 2.49. The van der Waals surface area contributed by atoms with Gasteiger partial charge in [0, 0.05) is 17.8 Å². The molecule has 2 heterocycles. The van der Waals surface area contributed by atoms with Crippen LogP contribution in [0.25, 0.3) is 0 Å². The van der Waals surface area contributed by atoms with E-state index in [2.05, 4.69) is 17.2 Å². The predicted octanol–water partition coefficient (Wildman–Crippen LogP) is 2.38. The molecule has 0 aromatic carbocycles. The first kappa shape index (κ1) is 10.9. The average Bonchev–Trinajstić information content (AvgIpc) is 2.71. The molecule has 0 saturated carbocycles. The SMILES string of the molecule is CC(NC1CCSC1)c1ccc(F)cn1. The Kier molecular flexibility index (Phi) is 3.59. The molecule has 1 aromatic heterocycles. The van der Waals surface area contributed by atoms with Crippen LogP contribution in [0.4, 0.5) is 4.39 Å². The zero-order valence-electron chi connectivity index (χ0n) is 8.74. The summed E-state index contributed by atoms with van der Waals surface area (Å²) in [6.45, 7) is 2.07. The molecule has 0 bridgehead atoms. The lowest BCUT2D eigenvalue weighted by atomic mass is 10.1. The molecule has 2 atom stereocenters. The van der Waals surface area contributed by atoms with Gasteiger partial charge in [-0.1, -0.05) is 0 Å². The van der Waals surface area contributed by atoms with Crippen LogP contribution >= 0.6 is 11.8 Å². The summed E-state index contributed by atoms with van der Waals surface area (Å²) in [4.78, 5) is 4.08. The normalized spacial score (nSPS) is 22.9. The summed E-state index contributed by atoms with van der Waals surface area (Å²) in [6, 6.07) is 3.99. The van der Waals surface area contributed by atoms with Gasteiger partial charge in [-0.2, -0.15) is 11.8 Å². The third-order valence-corrected chi connectivity index (χ3v) is 3.77. The first-order chi connectivity index (χ1) is 7.25. The zero-order chi connectivity index (χ0) is 10.7. The van der Waals surface area contributed by atoms with E-state index in [1.54, 1.807) is 6.07 Å². The third kappa shape index (κ3) is 2.92. The van der Waals surface area contributed by atoms with E-state index >= 15 is 0 Å². The predicted molar refractivity (Wildman–Crippen MR) is 61.5 cm³/mol. The fourth-order valence-corrected chi connectivity index (χ4v) is 2.91. The molecule has 1 aromatic rings. The van der Waals surface area contributed by atoms with Crippen molar-refractivity contribution in [2.75, 3.05) is 11.5 Å². The molecule has 1 fully saturated rings. The number of halogens is 1. The largest absolute Gasteiger partial charge is 0.305 e. The van der Waals surface area contributed by atoms with E-state index in [4.69, 9.17) is 0 Å². The Morgan fingerprint density at radius 3 is 3.07 bits per heavy atom. The number of nitrogens with zero attached hydrogens (tertiary/aromatic N) is 1. The van der Waals surface area contributed by atoms with Gasteiger partial charge in [0.05, 0.1) is 11.9 Å². The molecule has 0 radical (unpaired) electrons. The molecule has 1 N–H and O–H groups in total. The lowest BCUT2D eigenvalue weighted by Gasteiger charge is -2.18. The molecule has 1 aliphatic heterocycles. The van der Waals surface area contributed by atoms with Crippen LogP contribution in [-0.2, 0) is 0 Å². The fraction of sp³-hybridized carbons (Fsp3) is 0.545. The molecule has 0 amide bonds. The maximum atomic E-state index is 12.7. The van der Waals surface area contributed by atoms with Crippen LogP contribution in [0.3, 0.4) is 0 Å². The van der Waals surface area contributed by atoms with Gasteiger partial charge in [0.1, 0.15) is 5.82 Å². The molecule has 2 rings (SSSR count). The van der Waals surface area contributed by atoms with Crippen molar-refractivity contribution in [1.29, 1.82) is 0 Å². The Bertz CT molecular complexity index is 309. The minimum atomic E-state index is -0.276. The number of nitrogens with one attached hydrogen (secondary N) is 1. The van der Waals surface area contributed by atoms with E-state index < -0.39 is 0 Å². The molecule has 4 heteroatoms. The van der Waals surface area contributed by atoms with E-state index in [0.29, 0.717) is 6.04 Å². The Labute approximate surface area is 93.7 Å². The number of pyridine rings is 1. The van der Waals surface area contributed by atoms with E-state index in [0.717, 1.165) is 5.69 Å². The molecule has 1 saturated heterocycles. The van der Waals surface area contributed by atoms with Crippen molar-refractivity contribution in [2.24, 2.45) is 0 Å². The number of hydrogen-bond donors (Lipinski definition) is 1. The molecule has 1 aliphatic rings. The van der Waals surface area contributed by atoms with E-state index in [1.165, 1.54) is 30.2 Å². The Morgan fingerprint density at radius 1 is 1.60 bits per heavy atom. The third-order valence-electron chi connectivity index (χ3n) is 2.61. The summed E-state index contributed by atoms with van der Waals surface area (Å²) in [5.41, 5.74) is 0.910. The summed E-state index contributed by atoms with van der Waals surface area (Å²) in [5.74, 6) is 2.13. The van der Waals surface area contributed by atoms with Crippen molar-refractivity contribution < 1.29 is 4.39 Å². The Morgan fingerprint density at radius 2 is 2.47 bits per heavy atom. The van der Waals surface area contributed by atoms with Crippen molar-refractivity contribution in [1.82, 2.24) is 10.3 Å². The molecular formula is C11H15FN2S. The van der Waals surface area contributed by atoms with E-state index in [9.17, 15) is 4.39 Å². The topological polar surface area (TPSA) is 24.9 Å². The van der Waals surface area contributed by atoms with Gasteiger partial charge in [-0.3, -0.25) is 4.98 Å². The Hall–Kier alpha value is -0.610. The summed E-state index contributed by atoms with van der Waals surface area (Å²) >= 11 is 1.98. The Balaban J connectivity index is 1.94. The number of thioether (sulfide) groups is 1. The maximum Gasteiger partial charge on any atom is 0.141 e. The van der Waals surface area contributed by atoms with Crippen molar-refractivity contribution in [3.8, 4) is 0 Å². The molecule has 2 nitrogen and oxygen atoms in total. The van der Waals surface area contributed by atoms with Gasteiger partial charge in [-0.05, 0) is 31.2 Å². The highest BCUT2D eigenvalue weighted by molar-refractivity contribution is 7.99. The molecule has 82 valence electrons. The standard InChI is InChI=1S/C11H15FN2S/c1-8(14-10-4-5-15-7-10)11-3-2-9(12)6-13-11/h2-3,6,8,10,14H,4-5,7H2,1H3. The minimum Gasteiger partial charge on any atom is -0.305 e. The number of aromatic nitrogens is 1. The molecule has 2 unspecified atom stereocenters. The van der Waals surface area contributed by atoms with Crippen LogP contribution in [0.15, 0.2) is 18.3 Å². The second-order valence-corrected chi connectivity index (χ2v) is 5.00. The van der Waals surface area contributed by atoms with Gasteiger partial charge >= 0.3 is 0 Å². The van der Waals surface area contributed by atoms with Crippen molar-refractivity contribution in [3.63, 3.8) is 0 Å². The van der Waals surface area contributed by atoms with Gasteiger partial charge in [-0.25, -0.2) is 4.39 Å².